The maximum absolute atomic E-state index is 12.9. The lowest BCUT2D eigenvalue weighted by atomic mass is 10.4. The Morgan fingerprint density at radius 1 is 1.17 bits per heavy atom. The van der Waals surface area contributed by atoms with Crippen molar-refractivity contribution < 1.29 is 8.42 Å². The molecule has 0 amide bonds. The second-order valence-corrected chi connectivity index (χ2v) is 7.81. The standard InChI is InChI=1S/C15H12ClN3O2S2/c1-22-15-13(23(20,21)11-5-3-2-4-6-11)14(17)19-9-10(16)7-8-12(19)18-15/h2-9,17H,1H3. The highest BCUT2D eigenvalue weighted by Crippen LogP contribution is 2.26. The third-order valence-electron chi connectivity index (χ3n) is 3.27. The highest BCUT2D eigenvalue weighted by molar-refractivity contribution is 7.99. The monoisotopic (exact) mass is 365 g/mol. The Morgan fingerprint density at radius 2 is 1.87 bits per heavy atom. The van der Waals surface area contributed by atoms with Crippen LogP contribution in [0.2, 0.25) is 5.02 Å². The van der Waals surface area contributed by atoms with Crippen LogP contribution in [0.25, 0.3) is 5.65 Å². The van der Waals surface area contributed by atoms with Gasteiger partial charge in [0.1, 0.15) is 15.6 Å². The summed E-state index contributed by atoms with van der Waals surface area (Å²) in [5.74, 6) is 0. The third-order valence-corrected chi connectivity index (χ3v) is 6.12. The lowest BCUT2D eigenvalue weighted by Gasteiger charge is -2.11. The summed E-state index contributed by atoms with van der Waals surface area (Å²) in [6, 6.07) is 11.3. The molecular formula is C15H12ClN3O2S2. The molecule has 0 aliphatic carbocycles. The number of hydrogen-bond donors (Lipinski definition) is 1. The van der Waals surface area contributed by atoms with Crippen molar-refractivity contribution in [2.24, 2.45) is 0 Å². The van der Waals surface area contributed by atoms with Gasteiger partial charge in [0.25, 0.3) is 0 Å². The molecular weight excluding hydrogens is 354 g/mol. The van der Waals surface area contributed by atoms with Gasteiger partial charge in [-0.2, -0.15) is 0 Å². The Bertz CT molecular complexity index is 1050. The smallest absolute Gasteiger partial charge is 0.212 e. The summed E-state index contributed by atoms with van der Waals surface area (Å²) in [4.78, 5) is 4.37. The normalized spacial score (nSPS) is 11.7. The van der Waals surface area contributed by atoms with Crippen LogP contribution in [0.1, 0.15) is 0 Å². The van der Waals surface area contributed by atoms with Crippen LogP contribution in [-0.2, 0) is 9.84 Å². The first-order valence-corrected chi connectivity index (χ1v) is 9.64. The molecule has 3 aromatic rings. The van der Waals surface area contributed by atoms with Crippen molar-refractivity contribution in [3.63, 3.8) is 0 Å². The van der Waals surface area contributed by atoms with Crippen molar-refractivity contribution in [1.82, 2.24) is 9.38 Å². The zero-order valence-corrected chi connectivity index (χ0v) is 14.4. The van der Waals surface area contributed by atoms with Crippen molar-refractivity contribution in [2.45, 2.75) is 14.8 Å². The largest absolute Gasteiger partial charge is 0.284 e. The molecule has 23 heavy (non-hydrogen) atoms. The van der Waals surface area contributed by atoms with E-state index in [1.807, 2.05) is 0 Å². The molecule has 8 heteroatoms. The SMILES string of the molecule is CSc1nc2ccc(Cl)cn2c(=N)c1S(=O)(=O)c1ccccc1. The number of thioether (sulfide) groups is 1. The predicted octanol–water partition coefficient (Wildman–Crippen LogP) is 3.02. The molecule has 0 atom stereocenters. The number of hydrogen-bond acceptors (Lipinski definition) is 5. The maximum atomic E-state index is 12.9. The van der Waals surface area contributed by atoms with Gasteiger partial charge in [-0.05, 0) is 30.5 Å². The third kappa shape index (κ3) is 2.75. The average molecular weight is 366 g/mol. The Kier molecular flexibility index (Phi) is 4.18. The van der Waals surface area contributed by atoms with E-state index in [1.54, 1.807) is 36.6 Å². The fourth-order valence-corrected chi connectivity index (χ4v) is 4.79. The molecule has 3 rings (SSSR count). The van der Waals surface area contributed by atoms with Gasteiger partial charge in [0, 0.05) is 6.20 Å². The van der Waals surface area contributed by atoms with E-state index in [4.69, 9.17) is 17.0 Å². The topological polar surface area (TPSA) is 75.3 Å². The van der Waals surface area contributed by atoms with Gasteiger partial charge < -0.3 is 0 Å². The van der Waals surface area contributed by atoms with E-state index in [0.717, 1.165) is 0 Å². The van der Waals surface area contributed by atoms with E-state index >= 15 is 0 Å². The van der Waals surface area contributed by atoms with Gasteiger partial charge >= 0.3 is 0 Å². The number of halogens is 1. The van der Waals surface area contributed by atoms with Gasteiger partial charge in [0.05, 0.1) is 9.92 Å². The lowest BCUT2D eigenvalue weighted by Crippen LogP contribution is -2.24. The minimum atomic E-state index is -3.85. The van der Waals surface area contributed by atoms with Crippen LogP contribution in [-0.4, -0.2) is 24.1 Å². The molecule has 5 nitrogen and oxygen atoms in total. The molecule has 0 fully saturated rings. The molecule has 0 spiro atoms. The van der Waals surface area contributed by atoms with Crippen LogP contribution in [0, 0.1) is 5.41 Å². The maximum Gasteiger partial charge on any atom is 0.212 e. The molecule has 0 aliphatic heterocycles. The fourth-order valence-electron chi connectivity index (χ4n) is 2.20. The van der Waals surface area contributed by atoms with Crippen LogP contribution in [0.3, 0.4) is 0 Å². The van der Waals surface area contributed by atoms with Crippen LogP contribution in [0.4, 0.5) is 0 Å². The Labute approximate surface area is 142 Å². The lowest BCUT2D eigenvalue weighted by molar-refractivity contribution is 0.589. The molecule has 1 aromatic carbocycles. The van der Waals surface area contributed by atoms with E-state index in [-0.39, 0.29) is 15.3 Å². The molecule has 0 saturated carbocycles. The summed E-state index contributed by atoms with van der Waals surface area (Å²) in [5.41, 5.74) is 0.307. The molecule has 0 aliphatic rings. The Morgan fingerprint density at radius 3 is 2.52 bits per heavy atom. The predicted molar refractivity (Wildman–Crippen MR) is 89.7 cm³/mol. The molecule has 0 radical (unpaired) electrons. The van der Waals surface area contributed by atoms with Gasteiger partial charge in [-0.15, -0.1) is 11.8 Å². The number of rotatable bonds is 3. The van der Waals surface area contributed by atoms with E-state index in [2.05, 4.69) is 4.98 Å². The highest BCUT2D eigenvalue weighted by Gasteiger charge is 2.25. The molecule has 0 saturated heterocycles. The fraction of sp³-hybridized carbons (Fsp3) is 0.0667. The summed E-state index contributed by atoms with van der Waals surface area (Å²) in [7, 11) is -3.85. The van der Waals surface area contributed by atoms with Crippen LogP contribution in [0.15, 0.2) is 63.5 Å². The number of pyridine rings is 1. The molecule has 2 aromatic heterocycles. The van der Waals surface area contributed by atoms with E-state index < -0.39 is 9.84 Å². The van der Waals surface area contributed by atoms with Crippen molar-refractivity contribution in [3.8, 4) is 0 Å². The zero-order chi connectivity index (χ0) is 16.6. The van der Waals surface area contributed by atoms with Gasteiger partial charge in [-0.1, -0.05) is 29.8 Å². The van der Waals surface area contributed by atoms with Crippen LogP contribution < -0.4 is 5.49 Å². The molecule has 118 valence electrons. The molecule has 2 heterocycles. The van der Waals surface area contributed by atoms with Crippen molar-refractivity contribution >= 4 is 38.8 Å². The van der Waals surface area contributed by atoms with Crippen LogP contribution in [0.5, 0.6) is 0 Å². The van der Waals surface area contributed by atoms with Gasteiger partial charge in [-0.25, -0.2) is 13.4 Å². The molecule has 0 unspecified atom stereocenters. The van der Waals surface area contributed by atoms with Crippen molar-refractivity contribution in [3.05, 3.63) is 59.2 Å². The zero-order valence-electron chi connectivity index (χ0n) is 12.0. The Hall–Kier alpha value is -1.83. The minimum absolute atomic E-state index is 0.115. The number of aromatic nitrogens is 2. The summed E-state index contributed by atoms with van der Waals surface area (Å²) >= 11 is 7.15. The number of benzene rings is 1. The second-order valence-electron chi connectivity index (χ2n) is 4.69. The highest BCUT2D eigenvalue weighted by atomic mass is 35.5. The first kappa shape index (κ1) is 16.0. The Balaban J connectivity index is 2.41. The number of sulfone groups is 1. The molecule has 1 N–H and O–H groups in total. The molecule has 0 bridgehead atoms. The first-order valence-electron chi connectivity index (χ1n) is 6.56. The first-order chi connectivity index (χ1) is 10.9. The van der Waals surface area contributed by atoms with Crippen LogP contribution >= 0.6 is 23.4 Å². The number of nitrogens with one attached hydrogen (secondary N) is 1. The second kappa shape index (κ2) is 5.99. The summed E-state index contributed by atoms with van der Waals surface area (Å²) in [5, 5.41) is 9.05. The van der Waals surface area contributed by atoms with Gasteiger partial charge in [0.15, 0.2) is 5.49 Å². The van der Waals surface area contributed by atoms with E-state index in [0.29, 0.717) is 15.7 Å². The summed E-state index contributed by atoms with van der Waals surface area (Å²) in [6.45, 7) is 0. The van der Waals surface area contributed by atoms with E-state index in [1.165, 1.54) is 34.5 Å². The van der Waals surface area contributed by atoms with Gasteiger partial charge in [-0.3, -0.25) is 9.81 Å². The quantitative estimate of drug-likeness (QED) is 0.571. The van der Waals surface area contributed by atoms with Crippen molar-refractivity contribution in [1.29, 1.82) is 5.41 Å². The summed E-state index contributed by atoms with van der Waals surface area (Å²) < 4.78 is 27.3. The number of nitrogens with zero attached hydrogens (tertiary/aromatic N) is 2. The van der Waals surface area contributed by atoms with E-state index in [9.17, 15) is 8.42 Å². The number of fused-ring (bicyclic) bond motifs is 1. The average Bonchev–Trinajstić information content (AvgIpc) is 2.55. The minimum Gasteiger partial charge on any atom is -0.284 e. The van der Waals surface area contributed by atoms with Gasteiger partial charge in [0.2, 0.25) is 9.84 Å². The summed E-state index contributed by atoms with van der Waals surface area (Å²) in [6.07, 6.45) is 3.22. The van der Waals surface area contributed by atoms with Crippen molar-refractivity contribution in [2.75, 3.05) is 6.26 Å².